The second-order valence-corrected chi connectivity index (χ2v) is 8.38. The van der Waals surface area contributed by atoms with Gasteiger partial charge in [0.25, 0.3) is 0 Å². The highest BCUT2D eigenvalue weighted by Gasteiger charge is 2.21. The highest BCUT2D eigenvalue weighted by Crippen LogP contribution is 2.32. The van der Waals surface area contributed by atoms with Crippen LogP contribution in [0.5, 0.6) is 17.2 Å². The van der Waals surface area contributed by atoms with Crippen LogP contribution in [-0.2, 0) is 6.61 Å². The van der Waals surface area contributed by atoms with Crippen molar-refractivity contribution in [1.82, 2.24) is 14.9 Å². The first kappa shape index (κ1) is 23.9. The van der Waals surface area contributed by atoms with E-state index in [1.165, 1.54) is 64.5 Å². The van der Waals surface area contributed by atoms with Crippen LogP contribution in [0.4, 0.5) is 14.7 Å². The molecule has 0 bridgehead atoms. The molecule has 2 heterocycles. The van der Waals surface area contributed by atoms with Gasteiger partial charge in [-0.05, 0) is 37.9 Å². The zero-order valence-electron chi connectivity index (χ0n) is 19.5. The quantitative estimate of drug-likeness (QED) is 0.576. The Morgan fingerprint density at radius 3 is 2.29 bits per heavy atom. The van der Waals surface area contributed by atoms with Gasteiger partial charge >= 0.3 is 0 Å². The van der Waals surface area contributed by atoms with E-state index in [1.807, 2.05) is 0 Å². The van der Waals surface area contributed by atoms with E-state index in [2.05, 4.69) is 38.4 Å². The van der Waals surface area contributed by atoms with Crippen molar-refractivity contribution in [3.63, 3.8) is 0 Å². The number of hydrogen-bond donors (Lipinski definition) is 1. The SMILES string of the molecule is COc1cc(OC)c(F)c(COc2cnc(NC3C=CC(CN4CCCCC4)=CC3)nc2)c1F. The maximum absolute atomic E-state index is 14.5. The number of methoxy groups -OCH3 is 2. The van der Waals surface area contributed by atoms with Gasteiger partial charge < -0.3 is 19.5 Å². The molecule has 1 saturated heterocycles. The Bertz CT molecular complexity index is 1010. The smallest absolute Gasteiger partial charge is 0.223 e. The topological polar surface area (TPSA) is 68.7 Å². The predicted octanol–water partition coefficient (Wildman–Crippen LogP) is 4.50. The normalized spacial score (nSPS) is 18.4. The molecule has 1 unspecified atom stereocenters. The van der Waals surface area contributed by atoms with Crippen molar-refractivity contribution in [2.45, 2.75) is 38.3 Å². The molecule has 1 N–H and O–H groups in total. The summed E-state index contributed by atoms with van der Waals surface area (Å²) in [6.45, 7) is 3.00. The largest absolute Gasteiger partial charge is 0.494 e. The van der Waals surface area contributed by atoms with Crippen molar-refractivity contribution in [3.05, 3.63) is 59.5 Å². The van der Waals surface area contributed by atoms with Gasteiger partial charge in [0.1, 0.15) is 6.61 Å². The summed E-state index contributed by atoms with van der Waals surface area (Å²) in [6, 6.07) is 1.26. The van der Waals surface area contributed by atoms with Crippen LogP contribution in [0.25, 0.3) is 0 Å². The molecular weight excluding hydrogens is 442 g/mol. The first-order valence-electron chi connectivity index (χ1n) is 11.5. The number of halogens is 2. The number of piperidine rings is 1. The average Bonchev–Trinajstić information content (AvgIpc) is 2.87. The van der Waals surface area contributed by atoms with Crippen LogP contribution in [0.1, 0.15) is 31.2 Å². The Hall–Kier alpha value is -3.20. The highest BCUT2D eigenvalue weighted by atomic mass is 19.1. The van der Waals surface area contributed by atoms with Crippen LogP contribution in [0.2, 0.25) is 0 Å². The van der Waals surface area contributed by atoms with Crippen LogP contribution < -0.4 is 19.5 Å². The molecular formula is C25H30F2N4O3. The summed E-state index contributed by atoms with van der Waals surface area (Å²) in [4.78, 5) is 11.0. The van der Waals surface area contributed by atoms with E-state index in [0.29, 0.717) is 5.95 Å². The number of ether oxygens (including phenoxy) is 3. The van der Waals surface area contributed by atoms with Gasteiger partial charge in [0.15, 0.2) is 28.9 Å². The summed E-state index contributed by atoms with van der Waals surface area (Å²) in [5.74, 6) is -1.18. The fourth-order valence-electron chi connectivity index (χ4n) is 4.11. The molecule has 9 heteroatoms. The molecule has 0 radical (unpaired) electrons. The molecule has 7 nitrogen and oxygen atoms in total. The molecule has 1 atom stereocenters. The molecule has 0 saturated carbocycles. The highest BCUT2D eigenvalue weighted by molar-refractivity contribution is 5.42. The molecule has 182 valence electrons. The van der Waals surface area contributed by atoms with E-state index in [4.69, 9.17) is 14.2 Å². The molecule has 34 heavy (non-hydrogen) atoms. The molecule has 1 fully saturated rings. The molecule has 2 aliphatic rings. The van der Waals surface area contributed by atoms with Crippen molar-refractivity contribution < 1.29 is 23.0 Å². The number of anilines is 1. The van der Waals surface area contributed by atoms with Crippen molar-refractivity contribution >= 4 is 5.95 Å². The monoisotopic (exact) mass is 472 g/mol. The minimum absolute atomic E-state index is 0.101. The minimum Gasteiger partial charge on any atom is -0.494 e. The third-order valence-electron chi connectivity index (χ3n) is 6.02. The molecule has 0 spiro atoms. The van der Waals surface area contributed by atoms with Crippen molar-refractivity contribution in [2.24, 2.45) is 0 Å². The molecule has 4 rings (SSSR count). The molecule has 0 amide bonds. The average molecular weight is 473 g/mol. The third-order valence-corrected chi connectivity index (χ3v) is 6.02. The maximum atomic E-state index is 14.5. The van der Waals surface area contributed by atoms with Gasteiger partial charge in [-0.1, -0.05) is 24.6 Å². The van der Waals surface area contributed by atoms with Crippen LogP contribution in [0, 0.1) is 11.6 Å². The molecule has 1 aliphatic heterocycles. The van der Waals surface area contributed by atoms with Gasteiger partial charge in [0.05, 0.1) is 38.2 Å². The fourth-order valence-corrected chi connectivity index (χ4v) is 4.11. The van der Waals surface area contributed by atoms with Crippen LogP contribution in [0.3, 0.4) is 0 Å². The molecule has 1 aliphatic carbocycles. The van der Waals surface area contributed by atoms with Gasteiger partial charge in [0, 0.05) is 12.6 Å². The number of nitrogens with one attached hydrogen (secondary N) is 1. The van der Waals surface area contributed by atoms with Crippen LogP contribution in [-0.4, -0.2) is 54.8 Å². The predicted molar refractivity (Wildman–Crippen MR) is 125 cm³/mol. The van der Waals surface area contributed by atoms with Gasteiger partial charge in [-0.3, -0.25) is 4.90 Å². The second-order valence-electron chi connectivity index (χ2n) is 8.38. The van der Waals surface area contributed by atoms with E-state index in [1.54, 1.807) is 0 Å². The summed E-state index contributed by atoms with van der Waals surface area (Å²) >= 11 is 0. The zero-order valence-corrected chi connectivity index (χ0v) is 19.5. The first-order valence-corrected chi connectivity index (χ1v) is 11.5. The van der Waals surface area contributed by atoms with Crippen molar-refractivity contribution in [2.75, 3.05) is 39.2 Å². The Kier molecular flexibility index (Phi) is 7.95. The Labute approximate surface area is 198 Å². The lowest BCUT2D eigenvalue weighted by Gasteiger charge is -2.28. The Morgan fingerprint density at radius 2 is 1.71 bits per heavy atom. The molecule has 2 aromatic rings. The van der Waals surface area contributed by atoms with Crippen LogP contribution in [0.15, 0.2) is 42.3 Å². The molecule has 1 aromatic heterocycles. The van der Waals surface area contributed by atoms with Crippen molar-refractivity contribution in [1.29, 1.82) is 0 Å². The number of nitrogens with zero attached hydrogens (tertiary/aromatic N) is 3. The van der Waals surface area contributed by atoms with E-state index in [0.717, 1.165) is 19.0 Å². The summed E-state index contributed by atoms with van der Waals surface area (Å²) in [5.41, 5.74) is 1.05. The first-order chi connectivity index (χ1) is 16.6. The summed E-state index contributed by atoms with van der Waals surface area (Å²) in [7, 11) is 2.60. The number of rotatable bonds is 9. The van der Waals surface area contributed by atoms with Gasteiger partial charge in [-0.25, -0.2) is 18.7 Å². The standard InChI is InChI=1S/C25H30F2N4O3/c1-32-21-12-22(33-2)24(27)20(23(21)26)16-34-19-13-28-25(29-14-19)30-18-8-6-17(7-9-18)15-31-10-4-3-5-11-31/h6-8,12-14,18H,3-5,9-11,15-16H2,1-2H3,(H,28,29,30). The third kappa shape index (κ3) is 5.83. The summed E-state index contributed by atoms with van der Waals surface area (Å²) < 4.78 is 44.4. The van der Waals surface area contributed by atoms with Gasteiger partial charge in [0.2, 0.25) is 5.95 Å². The van der Waals surface area contributed by atoms with Crippen LogP contribution >= 0.6 is 0 Å². The number of benzene rings is 1. The van der Waals surface area contributed by atoms with Gasteiger partial charge in [-0.2, -0.15) is 0 Å². The van der Waals surface area contributed by atoms with Crippen molar-refractivity contribution in [3.8, 4) is 17.2 Å². The molecule has 1 aromatic carbocycles. The van der Waals surface area contributed by atoms with E-state index < -0.39 is 11.6 Å². The summed E-state index contributed by atoms with van der Waals surface area (Å²) in [6.07, 6.45) is 14.3. The lowest BCUT2D eigenvalue weighted by atomic mass is 10.0. The number of aromatic nitrogens is 2. The Balaban J connectivity index is 1.30. The Morgan fingerprint density at radius 1 is 1.03 bits per heavy atom. The number of hydrogen-bond acceptors (Lipinski definition) is 7. The fraction of sp³-hybridized carbons (Fsp3) is 0.440. The maximum Gasteiger partial charge on any atom is 0.223 e. The van der Waals surface area contributed by atoms with E-state index in [9.17, 15) is 8.78 Å². The lowest BCUT2D eigenvalue weighted by molar-refractivity contribution is 0.248. The zero-order chi connectivity index (χ0) is 23.9. The second kappa shape index (κ2) is 11.3. The minimum atomic E-state index is -0.836. The van der Waals surface area contributed by atoms with E-state index in [-0.39, 0.29) is 35.5 Å². The summed E-state index contributed by atoms with van der Waals surface area (Å²) in [5, 5.41) is 3.28. The number of likely N-dealkylation sites (tertiary alicyclic amines) is 1. The van der Waals surface area contributed by atoms with Gasteiger partial charge in [-0.15, -0.1) is 0 Å². The lowest BCUT2D eigenvalue weighted by Crippen LogP contribution is -2.32. The van der Waals surface area contributed by atoms with E-state index >= 15 is 0 Å².